The number of hydrogen-bond acceptors (Lipinski definition) is 3. The van der Waals surface area contributed by atoms with Gasteiger partial charge in [0, 0.05) is 18.5 Å². The van der Waals surface area contributed by atoms with Crippen LogP contribution in [0.15, 0.2) is 66.7 Å². The topological polar surface area (TPSA) is 58.6 Å². The van der Waals surface area contributed by atoms with Crippen LogP contribution < -0.4 is 10.1 Å². The van der Waals surface area contributed by atoms with E-state index in [4.69, 9.17) is 4.74 Å². The molecule has 1 saturated heterocycles. The first kappa shape index (κ1) is 19.0. The fraction of sp³-hybridized carbons (Fsp3) is 0.250. The van der Waals surface area contributed by atoms with Crippen molar-refractivity contribution >= 4 is 28.3 Å². The smallest absolute Gasteiger partial charge is 0.265 e. The van der Waals surface area contributed by atoms with Crippen molar-refractivity contribution in [2.45, 2.75) is 25.9 Å². The van der Waals surface area contributed by atoms with Gasteiger partial charge in [0.05, 0.1) is 11.3 Å². The van der Waals surface area contributed by atoms with Crippen molar-refractivity contribution in [2.24, 2.45) is 0 Å². The predicted molar refractivity (Wildman–Crippen MR) is 114 cm³/mol. The van der Waals surface area contributed by atoms with E-state index in [-0.39, 0.29) is 11.8 Å². The lowest BCUT2D eigenvalue weighted by atomic mass is 10.1. The van der Waals surface area contributed by atoms with Gasteiger partial charge in [0.2, 0.25) is 0 Å². The van der Waals surface area contributed by atoms with Gasteiger partial charge in [-0.1, -0.05) is 48.5 Å². The van der Waals surface area contributed by atoms with E-state index >= 15 is 0 Å². The summed E-state index contributed by atoms with van der Waals surface area (Å²) in [5.74, 6) is 0.327. The molecule has 1 atom stereocenters. The average molecular weight is 388 g/mol. The summed E-state index contributed by atoms with van der Waals surface area (Å²) >= 11 is 0. The Balaban J connectivity index is 1.50. The number of ether oxygens (including phenoxy) is 1. The van der Waals surface area contributed by atoms with Crippen molar-refractivity contribution in [3.05, 3.63) is 72.3 Å². The van der Waals surface area contributed by atoms with Crippen LogP contribution in [0.25, 0.3) is 10.8 Å². The fourth-order valence-electron chi connectivity index (χ4n) is 3.65. The van der Waals surface area contributed by atoms with Gasteiger partial charge in [0.1, 0.15) is 5.75 Å². The molecule has 0 spiro atoms. The molecule has 3 aromatic rings. The van der Waals surface area contributed by atoms with E-state index in [1.165, 1.54) is 0 Å². The monoisotopic (exact) mass is 388 g/mol. The summed E-state index contributed by atoms with van der Waals surface area (Å²) < 4.78 is 5.95. The van der Waals surface area contributed by atoms with Crippen LogP contribution >= 0.6 is 0 Å². The lowest BCUT2D eigenvalue weighted by Crippen LogP contribution is -2.32. The molecule has 0 saturated carbocycles. The second-order valence-electron chi connectivity index (χ2n) is 7.27. The minimum absolute atomic E-state index is 0.0407. The molecule has 1 heterocycles. The van der Waals surface area contributed by atoms with Gasteiger partial charge in [-0.05, 0) is 43.4 Å². The zero-order chi connectivity index (χ0) is 20.2. The van der Waals surface area contributed by atoms with Crippen molar-refractivity contribution in [3.63, 3.8) is 0 Å². The van der Waals surface area contributed by atoms with Crippen LogP contribution in [0.5, 0.6) is 5.75 Å². The van der Waals surface area contributed by atoms with Gasteiger partial charge in [-0.25, -0.2) is 0 Å². The van der Waals surface area contributed by atoms with E-state index in [1.807, 2.05) is 59.5 Å². The summed E-state index contributed by atoms with van der Waals surface area (Å²) in [6.45, 7) is 3.24. The highest BCUT2D eigenvalue weighted by molar-refractivity contribution is 6.04. The number of nitrogens with zero attached hydrogens (tertiary/aromatic N) is 1. The SMILES string of the molecule is C[C@@H](Oc1cccc2ccccc12)C(=O)Nc1ccccc1C(=O)N1CCCC1. The van der Waals surface area contributed by atoms with E-state index in [1.54, 1.807) is 19.1 Å². The van der Waals surface area contributed by atoms with Crippen LogP contribution in [0.2, 0.25) is 0 Å². The van der Waals surface area contributed by atoms with Crippen molar-refractivity contribution in [3.8, 4) is 5.75 Å². The molecule has 3 aromatic carbocycles. The van der Waals surface area contributed by atoms with E-state index < -0.39 is 6.10 Å². The number of benzene rings is 3. The molecular weight excluding hydrogens is 364 g/mol. The van der Waals surface area contributed by atoms with Gasteiger partial charge < -0.3 is 15.0 Å². The van der Waals surface area contributed by atoms with Gasteiger partial charge >= 0.3 is 0 Å². The number of nitrogens with one attached hydrogen (secondary N) is 1. The van der Waals surface area contributed by atoms with Crippen molar-refractivity contribution in [2.75, 3.05) is 18.4 Å². The van der Waals surface area contributed by atoms with Crippen molar-refractivity contribution in [1.29, 1.82) is 0 Å². The number of anilines is 1. The van der Waals surface area contributed by atoms with Crippen LogP contribution in [-0.2, 0) is 4.79 Å². The van der Waals surface area contributed by atoms with Crippen molar-refractivity contribution in [1.82, 2.24) is 4.90 Å². The maximum atomic E-state index is 12.8. The van der Waals surface area contributed by atoms with Gasteiger partial charge in [0.15, 0.2) is 6.10 Å². The van der Waals surface area contributed by atoms with Gasteiger partial charge in [0.25, 0.3) is 11.8 Å². The fourth-order valence-corrected chi connectivity index (χ4v) is 3.65. The zero-order valence-electron chi connectivity index (χ0n) is 16.4. The van der Waals surface area contributed by atoms with E-state index in [0.717, 1.165) is 36.7 Å². The molecule has 0 radical (unpaired) electrons. The lowest BCUT2D eigenvalue weighted by molar-refractivity contribution is -0.122. The molecule has 1 aliphatic rings. The molecule has 0 unspecified atom stereocenters. The number of carbonyl (C=O) groups is 2. The van der Waals surface area contributed by atoms with Crippen LogP contribution in [0, 0.1) is 0 Å². The second-order valence-corrected chi connectivity index (χ2v) is 7.27. The molecule has 1 N–H and O–H groups in total. The number of para-hydroxylation sites is 1. The largest absolute Gasteiger partial charge is 0.480 e. The first-order chi connectivity index (χ1) is 14.1. The molecule has 1 aliphatic heterocycles. The normalized spacial score (nSPS) is 14.6. The molecule has 5 heteroatoms. The van der Waals surface area contributed by atoms with Crippen LogP contribution in [-0.4, -0.2) is 35.9 Å². The van der Waals surface area contributed by atoms with Crippen LogP contribution in [0.3, 0.4) is 0 Å². The zero-order valence-corrected chi connectivity index (χ0v) is 16.4. The Labute approximate surface area is 170 Å². The Kier molecular flexibility index (Phi) is 5.47. The molecule has 4 rings (SSSR count). The molecule has 0 aromatic heterocycles. The molecule has 5 nitrogen and oxygen atoms in total. The summed E-state index contributed by atoms with van der Waals surface area (Å²) in [6, 6.07) is 20.8. The number of hydrogen-bond donors (Lipinski definition) is 1. The molecule has 0 bridgehead atoms. The van der Waals surface area contributed by atoms with Gasteiger partial charge in [-0.3, -0.25) is 9.59 Å². The molecule has 0 aliphatic carbocycles. The van der Waals surface area contributed by atoms with Crippen LogP contribution in [0.1, 0.15) is 30.1 Å². The third-order valence-electron chi connectivity index (χ3n) is 5.23. The Morgan fingerprint density at radius 3 is 2.45 bits per heavy atom. The molecule has 148 valence electrons. The summed E-state index contributed by atoms with van der Waals surface area (Å²) in [5.41, 5.74) is 1.03. The standard InChI is InChI=1S/C24H24N2O3/c1-17(29-22-14-8-10-18-9-2-3-11-19(18)22)23(27)25-21-13-5-4-12-20(21)24(28)26-15-6-7-16-26/h2-5,8-14,17H,6-7,15-16H2,1H3,(H,25,27)/t17-/m1/s1. The summed E-state index contributed by atoms with van der Waals surface area (Å²) in [6.07, 6.45) is 1.34. The average Bonchev–Trinajstić information content (AvgIpc) is 3.29. The van der Waals surface area contributed by atoms with Crippen molar-refractivity contribution < 1.29 is 14.3 Å². The van der Waals surface area contributed by atoms with E-state index in [9.17, 15) is 9.59 Å². The van der Waals surface area contributed by atoms with Gasteiger partial charge in [-0.15, -0.1) is 0 Å². The number of amides is 2. The van der Waals surface area contributed by atoms with E-state index in [2.05, 4.69) is 5.32 Å². The summed E-state index contributed by atoms with van der Waals surface area (Å²) in [5, 5.41) is 4.88. The second kappa shape index (κ2) is 8.35. The Morgan fingerprint density at radius 1 is 0.931 bits per heavy atom. The number of likely N-dealkylation sites (tertiary alicyclic amines) is 1. The maximum absolute atomic E-state index is 12.8. The summed E-state index contributed by atoms with van der Waals surface area (Å²) in [7, 11) is 0. The summed E-state index contributed by atoms with van der Waals surface area (Å²) in [4.78, 5) is 27.4. The number of carbonyl (C=O) groups excluding carboxylic acids is 2. The van der Waals surface area contributed by atoms with E-state index in [0.29, 0.717) is 17.0 Å². The molecule has 29 heavy (non-hydrogen) atoms. The Morgan fingerprint density at radius 2 is 1.62 bits per heavy atom. The number of fused-ring (bicyclic) bond motifs is 1. The quantitative estimate of drug-likeness (QED) is 0.701. The molecule has 1 fully saturated rings. The highest BCUT2D eigenvalue weighted by Gasteiger charge is 2.23. The molecular formula is C24H24N2O3. The highest BCUT2D eigenvalue weighted by atomic mass is 16.5. The molecule has 2 amide bonds. The first-order valence-electron chi connectivity index (χ1n) is 9.97. The Bertz CT molecular complexity index is 1040. The minimum Gasteiger partial charge on any atom is -0.480 e. The first-order valence-corrected chi connectivity index (χ1v) is 9.97. The predicted octanol–water partition coefficient (Wildman–Crippen LogP) is 4.48. The minimum atomic E-state index is -0.712. The third kappa shape index (κ3) is 4.09. The van der Waals surface area contributed by atoms with Crippen LogP contribution in [0.4, 0.5) is 5.69 Å². The Hall–Kier alpha value is -3.34. The lowest BCUT2D eigenvalue weighted by Gasteiger charge is -2.20. The van der Waals surface area contributed by atoms with Gasteiger partial charge in [-0.2, -0.15) is 0 Å². The maximum Gasteiger partial charge on any atom is 0.265 e. The number of rotatable bonds is 5. The third-order valence-corrected chi connectivity index (χ3v) is 5.23. The highest BCUT2D eigenvalue weighted by Crippen LogP contribution is 2.26.